The highest BCUT2D eigenvalue weighted by Gasteiger charge is 2.49. The number of hydrogen-bond acceptors (Lipinski definition) is 7. The van der Waals surface area contributed by atoms with E-state index in [0.29, 0.717) is 24.8 Å². The number of piperidine rings is 1. The first-order valence-corrected chi connectivity index (χ1v) is 12.9. The minimum atomic E-state index is -0.937. The van der Waals surface area contributed by atoms with E-state index in [0.717, 1.165) is 38.9 Å². The molecule has 1 aromatic heterocycles. The van der Waals surface area contributed by atoms with Gasteiger partial charge in [-0.3, -0.25) is 19.6 Å². The zero-order valence-corrected chi connectivity index (χ0v) is 22.7. The number of rotatable bonds is 5. The van der Waals surface area contributed by atoms with Crippen molar-refractivity contribution in [3.8, 4) is 5.69 Å². The summed E-state index contributed by atoms with van der Waals surface area (Å²) in [5, 5.41) is 2.74. The van der Waals surface area contributed by atoms with Crippen molar-refractivity contribution >= 4 is 30.2 Å². The molecule has 206 valence electrons. The standard InChI is InChI=1S/C26H36N8O3.ClH/c1-26(2,28)23(35)33-15-21-13-20(33)16-34(21)25(37)30-22-9-12-32(24(36)29-22)19-5-3-17(4-6-19)14-31-10-7-18(27)8-11-31;/h3-6,9,12,18,20-21H,7-8,10-11,13-16,27-28H2,1-2H3,(H,29,30,36,37);1H/t20-,21-;/m0./s1. The van der Waals surface area contributed by atoms with Crippen LogP contribution in [0.25, 0.3) is 5.69 Å². The van der Waals surface area contributed by atoms with E-state index in [1.54, 1.807) is 35.9 Å². The number of nitrogens with one attached hydrogen (secondary N) is 1. The Morgan fingerprint density at radius 3 is 2.26 bits per heavy atom. The van der Waals surface area contributed by atoms with Crippen molar-refractivity contribution in [2.24, 2.45) is 11.5 Å². The third kappa shape index (κ3) is 5.85. The monoisotopic (exact) mass is 544 g/mol. The second kappa shape index (κ2) is 11.0. The molecule has 0 unspecified atom stereocenters. The number of halogens is 1. The Morgan fingerprint density at radius 2 is 1.68 bits per heavy atom. The second-order valence-electron chi connectivity index (χ2n) is 11.1. The Labute approximate surface area is 228 Å². The van der Waals surface area contributed by atoms with Crippen molar-refractivity contribution in [2.75, 3.05) is 31.5 Å². The fourth-order valence-electron chi connectivity index (χ4n) is 5.52. The van der Waals surface area contributed by atoms with Crippen LogP contribution in [0.4, 0.5) is 10.6 Å². The molecule has 3 saturated heterocycles. The molecule has 3 aliphatic heterocycles. The predicted molar refractivity (Wildman–Crippen MR) is 147 cm³/mol. The maximum absolute atomic E-state index is 12.9. The summed E-state index contributed by atoms with van der Waals surface area (Å²) in [5.74, 6) is 0.0968. The summed E-state index contributed by atoms with van der Waals surface area (Å²) in [5.41, 5.74) is 12.5. The van der Waals surface area contributed by atoms with Gasteiger partial charge in [0.25, 0.3) is 0 Å². The number of piperazine rings is 1. The smallest absolute Gasteiger partial charge is 0.334 e. The highest BCUT2D eigenvalue weighted by molar-refractivity contribution is 5.90. The lowest BCUT2D eigenvalue weighted by molar-refractivity contribution is -0.137. The van der Waals surface area contributed by atoms with Crippen LogP contribution in [0.3, 0.4) is 0 Å². The molecular formula is C26H37ClN8O3. The first-order valence-electron chi connectivity index (χ1n) is 12.9. The van der Waals surface area contributed by atoms with Crippen LogP contribution in [-0.2, 0) is 11.3 Å². The van der Waals surface area contributed by atoms with Gasteiger partial charge in [-0.1, -0.05) is 12.1 Å². The summed E-state index contributed by atoms with van der Waals surface area (Å²) in [4.78, 5) is 48.1. The number of carbonyl (C=O) groups is 2. The number of carbonyl (C=O) groups excluding carboxylic acids is 2. The van der Waals surface area contributed by atoms with Gasteiger partial charge < -0.3 is 21.3 Å². The highest BCUT2D eigenvalue weighted by atomic mass is 35.5. The van der Waals surface area contributed by atoms with Crippen molar-refractivity contribution < 1.29 is 9.59 Å². The van der Waals surface area contributed by atoms with Gasteiger partial charge >= 0.3 is 11.7 Å². The molecule has 0 saturated carbocycles. The lowest BCUT2D eigenvalue weighted by atomic mass is 10.0. The van der Waals surface area contributed by atoms with Crippen molar-refractivity contribution in [3.05, 3.63) is 52.6 Å². The number of hydrogen-bond donors (Lipinski definition) is 3. The van der Waals surface area contributed by atoms with Crippen LogP contribution in [0.15, 0.2) is 41.3 Å². The molecule has 0 aliphatic carbocycles. The Morgan fingerprint density at radius 1 is 1.05 bits per heavy atom. The van der Waals surface area contributed by atoms with Gasteiger partial charge in [0.2, 0.25) is 5.91 Å². The van der Waals surface area contributed by atoms with E-state index in [-0.39, 0.29) is 42.2 Å². The minimum absolute atomic E-state index is 0. The van der Waals surface area contributed by atoms with Crippen molar-refractivity contribution in [3.63, 3.8) is 0 Å². The molecule has 0 radical (unpaired) electrons. The van der Waals surface area contributed by atoms with Crippen LogP contribution >= 0.6 is 12.4 Å². The molecule has 4 heterocycles. The summed E-state index contributed by atoms with van der Waals surface area (Å²) < 4.78 is 1.45. The van der Waals surface area contributed by atoms with Gasteiger partial charge in [-0.05, 0) is 70.0 Å². The molecule has 38 heavy (non-hydrogen) atoms. The molecule has 5 rings (SSSR count). The lowest BCUT2D eigenvalue weighted by Crippen LogP contribution is -2.58. The van der Waals surface area contributed by atoms with Crippen molar-refractivity contribution in [1.82, 2.24) is 24.3 Å². The van der Waals surface area contributed by atoms with E-state index in [1.807, 2.05) is 24.3 Å². The second-order valence-corrected chi connectivity index (χ2v) is 11.1. The van der Waals surface area contributed by atoms with Crippen molar-refractivity contribution in [2.45, 2.75) is 63.3 Å². The number of amides is 3. The highest BCUT2D eigenvalue weighted by Crippen LogP contribution is 2.32. The third-order valence-electron chi connectivity index (χ3n) is 7.61. The number of nitrogens with two attached hydrogens (primary N) is 2. The number of likely N-dealkylation sites (tertiary alicyclic amines) is 3. The number of aromatic nitrogens is 2. The van der Waals surface area contributed by atoms with Gasteiger partial charge in [0, 0.05) is 31.9 Å². The van der Waals surface area contributed by atoms with Crippen LogP contribution in [0.2, 0.25) is 0 Å². The summed E-state index contributed by atoms with van der Waals surface area (Å²) in [6.45, 7) is 7.15. The first kappa shape index (κ1) is 28.0. The van der Waals surface area contributed by atoms with Crippen LogP contribution in [0.5, 0.6) is 0 Å². The van der Waals surface area contributed by atoms with Gasteiger partial charge in [-0.25, -0.2) is 9.59 Å². The number of anilines is 1. The summed E-state index contributed by atoms with van der Waals surface area (Å²) in [7, 11) is 0. The molecule has 1 aromatic carbocycles. The number of benzene rings is 1. The van der Waals surface area contributed by atoms with Crippen LogP contribution in [-0.4, -0.2) is 86.0 Å². The van der Waals surface area contributed by atoms with E-state index in [1.165, 1.54) is 10.1 Å². The SMILES string of the molecule is CC(C)(N)C(=O)N1C[C@@H]2C[C@H]1CN2C(=O)Nc1ccn(-c2ccc(CN3CCC(N)CC3)cc2)c(=O)n1.Cl. The van der Waals surface area contributed by atoms with Crippen LogP contribution in [0, 0.1) is 0 Å². The molecule has 3 amide bonds. The molecule has 2 bridgehead atoms. The topological polar surface area (TPSA) is 143 Å². The van der Waals surface area contributed by atoms with Crippen molar-refractivity contribution in [1.29, 1.82) is 0 Å². The number of urea groups is 1. The predicted octanol–water partition coefficient (Wildman–Crippen LogP) is 1.13. The molecule has 3 fully saturated rings. The van der Waals surface area contributed by atoms with E-state index < -0.39 is 11.2 Å². The van der Waals surface area contributed by atoms with Crippen LogP contribution in [0.1, 0.15) is 38.7 Å². The van der Waals surface area contributed by atoms with E-state index in [2.05, 4.69) is 15.2 Å². The molecule has 5 N–H and O–H groups in total. The van der Waals surface area contributed by atoms with Gasteiger partial charge in [-0.15, -0.1) is 12.4 Å². The summed E-state index contributed by atoms with van der Waals surface area (Å²) in [6, 6.07) is 9.35. The lowest BCUT2D eigenvalue weighted by Gasteiger charge is -2.37. The first-order chi connectivity index (χ1) is 17.6. The summed E-state index contributed by atoms with van der Waals surface area (Å²) in [6.07, 6.45) is 4.38. The minimum Gasteiger partial charge on any atom is -0.334 e. The third-order valence-corrected chi connectivity index (χ3v) is 7.61. The average molecular weight is 545 g/mol. The molecular weight excluding hydrogens is 508 g/mol. The fraction of sp³-hybridized carbons (Fsp3) is 0.538. The Bertz CT molecular complexity index is 1220. The quantitative estimate of drug-likeness (QED) is 0.512. The van der Waals surface area contributed by atoms with Gasteiger partial charge in [0.1, 0.15) is 5.82 Å². The normalized spacial score (nSPS) is 21.9. The van der Waals surface area contributed by atoms with E-state index in [4.69, 9.17) is 11.5 Å². The molecule has 11 nitrogen and oxygen atoms in total. The van der Waals surface area contributed by atoms with Gasteiger partial charge in [-0.2, -0.15) is 4.98 Å². The Hall–Kier alpha value is -2.99. The molecule has 2 atom stereocenters. The zero-order valence-electron chi connectivity index (χ0n) is 21.9. The summed E-state index contributed by atoms with van der Waals surface area (Å²) >= 11 is 0. The maximum Gasteiger partial charge on any atom is 0.354 e. The molecule has 0 spiro atoms. The molecule has 3 aliphatic rings. The van der Waals surface area contributed by atoms with E-state index in [9.17, 15) is 14.4 Å². The largest absolute Gasteiger partial charge is 0.354 e. The number of fused-ring (bicyclic) bond motifs is 2. The van der Waals surface area contributed by atoms with Crippen LogP contribution < -0.4 is 22.5 Å². The maximum atomic E-state index is 12.9. The molecule has 12 heteroatoms. The van der Waals surface area contributed by atoms with Gasteiger partial charge in [0.05, 0.1) is 23.3 Å². The zero-order chi connectivity index (χ0) is 26.3. The number of nitrogens with zero attached hydrogens (tertiary/aromatic N) is 5. The Balaban J connectivity index is 0.00000336. The fourth-order valence-corrected chi connectivity index (χ4v) is 5.52. The Kier molecular flexibility index (Phi) is 8.12. The van der Waals surface area contributed by atoms with Gasteiger partial charge in [0.15, 0.2) is 0 Å². The van der Waals surface area contributed by atoms with E-state index >= 15 is 0 Å². The average Bonchev–Trinajstić information content (AvgIpc) is 3.47. The molecule has 2 aromatic rings.